The summed E-state index contributed by atoms with van der Waals surface area (Å²) in [5.74, 6) is 0. The summed E-state index contributed by atoms with van der Waals surface area (Å²) >= 11 is 0. The molecular formula is C28H38. The lowest BCUT2D eigenvalue weighted by molar-refractivity contribution is 0.571. The molecule has 28 heavy (non-hydrogen) atoms. The van der Waals surface area contributed by atoms with Crippen LogP contribution in [0.2, 0.25) is 0 Å². The Balaban J connectivity index is 2.41. The van der Waals surface area contributed by atoms with E-state index in [-0.39, 0.29) is 0 Å². The van der Waals surface area contributed by atoms with Gasteiger partial charge in [-0.1, -0.05) is 148 Å². The van der Waals surface area contributed by atoms with Crippen LogP contribution in [0.25, 0.3) is 0 Å². The van der Waals surface area contributed by atoms with Crippen LogP contribution in [0, 0.1) is 0 Å². The molecule has 150 valence electrons. The Morgan fingerprint density at radius 3 is 0.714 bits per heavy atom. The van der Waals surface area contributed by atoms with Gasteiger partial charge in [-0.25, -0.2) is 0 Å². The van der Waals surface area contributed by atoms with Crippen LogP contribution in [0.15, 0.2) is 109 Å². The zero-order valence-corrected chi connectivity index (χ0v) is 17.5. The molecule has 0 aliphatic heterocycles. The summed E-state index contributed by atoms with van der Waals surface area (Å²) in [5.41, 5.74) is 0. The van der Waals surface area contributed by atoms with Gasteiger partial charge in [-0.3, -0.25) is 0 Å². The van der Waals surface area contributed by atoms with Gasteiger partial charge in [-0.05, 0) is 25.7 Å². The fourth-order valence-corrected chi connectivity index (χ4v) is 2.83. The summed E-state index contributed by atoms with van der Waals surface area (Å²) in [6.07, 6.45) is 51.0. The van der Waals surface area contributed by atoms with Crippen LogP contribution in [0.5, 0.6) is 0 Å². The summed E-state index contributed by atoms with van der Waals surface area (Å²) in [4.78, 5) is 0. The molecule has 0 amide bonds. The minimum absolute atomic E-state index is 1.20. The Morgan fingerprint density at radius 1 is 0.214 bits per heavy atom. The van der Waals surface area contributed by atoms with Crippen molar-refractivity contribution >= 4 is 0 Å². The Bertz CT molecular complexity index is 546. The summed E-state index contributed by atoms with van der Waals surface area (Å²) in [6.45, 7) is 0. The maximum atomic E-state index is 2.28. The fourth-order valence-electron chi connectivity index (χ4n) is 2.83. The van der Waals surface area contributed by atoms with Gasteiger partial charge in [0.05, 0.1) is 0 Å². The molecule has 0 bridgehead atoms. The molecule has 0 radical (unpaired) electrons. The number of rotatable bonds is 0. The van der Waals surface area contributed by atoms with E-state index in [1.54, 1.807) is 0 Å². The van der Waals surface area contributed by atoms with Crippen LogP contribution < -0.4 is 0 Å². The van der Waals surface area contributed by atoms with Crippen molar-refractivity contribution in [1.82, 2.24) is 0 Å². The second kappa shape index (κ2) is 21.0. The third-order valence-electron chi connectivity index (χ3n) is 4.43. The number of allylic oxidation sites excluding steroid dienone is 18. The standard InChI is InChI=1S/C28H38/c1-2-4-6-8-10-12-14-16-18-20-22-24-26-28-27-25-23-21-19-17-15-13-11-9-7-5-3-1/h1-18H,19-28H2/b2-1-,5-3-,6-4-,9-7-,10-8?,13-11-,14-12?,17-15?,18-16-. The zero-order valence-electron chi connectivity index (χ0n) is 17.5. The normalized spacial score (nSPS) is 25.7. The van der Waals surface area contributed by atoms with Crippen molar-refractivity contribution < 1.29 is 0 Å². The van der Waals surface area contributed by atoms with E-state index >= 15 is 0 Å². The van der Waals surface area contributed by atoms with E-state index in [4.69, 9.17) is 0 Å². The summed E-state index contributed by atoms with van der Waals surface area (Å²) < 4.78 is 0. The summed E-state index contributed by atoms with van der Waals surface area (Å²) in [6, 6.07) is 0. The molecule has 0 nitrogen and oxygen atoms in total. The van der Waals surface area contributed by atoms with Crippen molar-refractivity contribution in [3.8, 4) is 0 Å². The molecule has 0 spiro atoms. The molecule has 1 rings (SSSR count). The van der Waals surface area contributed by atoms with E-state index in [9.17, 15) is 0 Å². The molecule has 0 aromatic carbocycles. The highest BCUT2D eigenvalue weighted by atomic mass is 14.0. The molecule has 0 fully saturated rings. The number of hydrogen-bond acceptors (Lipinski definition) is 0. The molecule has 0 saturated carbocycles. The van der Waals surface area contributed by atoms with Crippen LogP contribution >= 0.6 is 0 Å². The minimum atomic E-state index is 1.20. The maximum Gasteiger partial charge on any atom is -0.0348 e. The SMILES string of the molecule is C1=C\C=C/C=C\C=C/C=C\C=C/C=CCCCCCCCCCC/C=C\C=C1. The van der Waals surface area contributed by atoms with Crippen LogP contribution in [-0.4, -0.2) is 0 Å². The average Bonchev–Trinajstić information content (AvgIpc) is 2.71. The van der Waals surface area contributed by atoms with Gasteiger partial charge in [0.25, 0.3) is 0 Å². The minimum Gasteiger partial charge on any atom is -0.0845 e. The lowest BCUT2D eigenvalue weighted by Gasteiger charge is -2.00. The highest BCUT2D eigenvalue weighted by Gasteiger charge is 1.91. The van der Waals surface area contributed by atoms with E-state index in [0.29, 0.717) is 0 Å². The van der Waals surface area contributed by atoms with Gasteiger partial charge in [0.1, 0.15) is 0 Å². The smallest absolute Gasteiger partial charge is 0.0348 e. The summed E-state index contributed by atoms with van der Waals surface area (Å²) in [7, 11) is 0. The van der Waals surface area contributed by atoms with Gasteiger partial charge in [0.15, 0.2) is 0 Å². The Labute approximate surface area is 173 Å². The largest absolute Gasteiger partial charge is 0.0845 e. The first-order valence-electron chi connectivity index (χ1n) is 11.0. The lowest BCUT2D eigenvalue weighted by Crippen LogP contribution is -1.81. The van der Waals surface area contributed by atoms with Gasteiger partial charge in [-0.15, -0.1) is 0 Å². The first-order chi connectivity index (χ1) is 14.0. The van der Waals surface area contributed by atoms with Crippen molar-refractivity contribution in [3.63, 3.8) is 0 Å². The molecule has 0 aromatic heterocycles. The predicted octanol–water partition coefficient (Wildman–Crippen LogP) is 8.91. The van der Waals surface area contributed by atoms with Crippen molar-refractivity contribution in [2.45, 2.75) is 64.2 Å². The topological polar surface area (TPSA) is 0 Å². The van der Waals surface area contributed by atoms with Gasteiger partial charge < -0.3 is 0 Å². The molecule has 0 heteroatoms. The second-order valence-electron chi connectivity index (χ2n) is 6.96. The Morgan fingerprint density at radius 2 is 0.429 bits per heavy atom. The molecule has 1 aliphatic rings. The van der Waals surface area contributed by atoms with Crippen molar-refractivity contribution in [2.24, 2.45) is 0 Å². The van der Waals surface area contributed by atoms with Crippen LogP contribution in [0.3, 0.4) is 0 Å². The zero-order chi connectivity index (χ0) is 19.8. The van der Waals surface area contributed by atoms with Gasteiger partial charge in [-0.2, -0.15) is 0 Å². The van der Waals surface area contributed by atoms with E-state index in [2.05, 4.69) is 60.8 Å². The summed E-state index contributed by atoms with van der Waals surface area (Å²) in [5, 5.41) is 0. The molecule has 1 aliphatic carbocycles. The quantitative estimate of drug-likeness (QED) is 0.397. The van der Waals surface area contributed by atoms with Crippen molar-refractivity contribution in [3.05, 3.63) is 109 Å². The van der Waals surface area contributed by atoms with Gasteiger partial charge in [0.2, 0.25) is 0 Å². The predicted molar refractivity (Wildman–Crippen MR) is 128 cm³/mol. The monoisotopic (exact) mass is 374 g/mol. The van der Waals surface area contributed by atoms with E-state index in [0.717, 1.165) is 0 Å². The molecule has 0 saturated heterocycles. The van der Waals surface area contributed by atoms with Gasteiger partial charge >= 0.3 is 0 Å². The van der Waals surface area contributed by atoms with E-state index < -0.39 is 0 Å². The molecule has 0 N–H and O–H groups in total. The highest BCUT2D eigenvalue weighted by Crippen LogP contribution is 2.11. The van der Waals surface area contributed by atoms with E-state index in [1.165, 1.54) is 64.2 Å². The van der Waals surface area contributed by atoms with Crippen LogP contribution in [0.4, 0.5) is 0 Å². The van der Waals surface area contributed by atoms with Crippen LogP contribution in [-0.2, 0) is 0 Å². The second-order valence-corrected chi connectivity index (χ2v) is 6.96. The third kappa shape index (κ3) is 18.5. The Kier molecular flexibility index (Phi) is 17.7. The first-order valence-corrected chi connectivity index (χ1v) is 11.0. The van der Waals surface area contributed by atoms with Crippen molar-refractivity contribution in [2.75, 3.05) is 0 Å². The van der Waals surface area contributed by atoms with Gasteiger partial charge in [0, 0.05) is 0 Å². The molecular weight excluding hydrogens is 336 g/mol. The molecule has 0 unspecified atom stereocenters. The molecule has 0 atom stereocenters. The number of hydrogen-bond donors (Lipinski definition) is 0. The average molecular weight is 375 g/mol. The van der Waals surface area contributed by atoms with Crippen molar-refractivity contribution in [1.29, 1.82) is 0 Å². The maximum absolute atomic E-state index is 2.28. The highest BCUT2D eigenvalue weighted by molar-refractivity contribution is 5.21. The first kappa shape index (κ1) is 23.7. The third-order valence-corrected chi connectivity index (χ3v) is 4.43. The Hall–Kier alpha value is -2.34. The lowest BCUT2D eigenvalue weighted by atomic mass is 10.1. The molecule has 0 heterocycles. The van der Waals surface area contributed by atoms with Crippen LogP contribution in [0.1, 0.15) is 64.2 Å². The fraction of sp³-hybridized carbons (Fsp3) is 0.357. The van der Waals surface area contributed by atoms with E-state index in [1.807, 2.05) is 48.6 Å². The molecule has 0 aromatic rings.